The van der Waals surface area contributed by atoms with E-state index in [1.807, 2.05) is 55.7 Å². The first-order chi connectivity index (χ1) is 14.5. The maximum Gasteiger partial charge on any atom is 0.251 e. The second kappa shape index (κ2) is 8.32. The second-order valence-corrected chi connectivity index (χ2v) is 7.99. The molecule has 4 aromatic rings. The molecule has 2 heterocycles. The summed E-state index contributed by atoms with van der Waals surface area (Å²) >= 11 is 0. The molecule has 0 aliphatic rings. The van der Waals surface area contributed by atoms with Crippen molar-refractivity contribution in [2.75, 3.05) is 13.7 Å². The first kappa shape index (κ1) is 20.2. The topological polar surface area (TPSA) is 61.1 Å². The molecule has 1 N–H and O–H groups in total. The molecule has 0 aliphatic carbocycles. The molecule has 6 nitrogen and oxygen atoms in total. The number of hydrogen-bond acceptors (Lipinski definition) is 3. The van der Waals surface area contributed by atoms with Crippen molar-refractivity contribution < 1.29 is 9.53 Å². The highest BCUT2D eigenvalue weighted by Gasteiger charge is 2.24. The van der Waals surface area contributed by atoms with Crippen LogP contribution in [0.3, 0.4) is 0 Å². The smallest absolute Gasteiger partial charge is 0.251 e. The quantitative estimate of drug-likeness (QED) is 0.500. The third-order valence-corrected chi connectivity index (χ3v) is 5.63. The lowest BCUT2D eigenvalue weighted by Crippen LogP contribution is -2.33. The van der Waals surface area contributed by atoms with E-state index in [1.165, 1.54) is 0 Å². The molecule has 30 heavy (non-hydrogen) atoms. The number of nitrogens with one attached hydrogen (secondary N) is 1. The molecule has 0 spiro atoms. The minimum Gasteiger partial charge on any atom is -0.383 e. The van der Waals surface area contributed by atoms with Crippen molar-refractivity contribution in [1.82, 2.24) is 19.4 Å². The van der Waals surface area contributed by atoms with E-state index in [9.17, 15) is 4.79 Å². The van der Waals surface area contributed by atoms with Crippen LogP contribution >= 0.6 is 0 Å². The van der Waals surface area contributed by atoms with Gasteiger partial charge in [-0.2, -0.15) is 0 Å². The molecule has 0 radical (unpaired) electrons. The Bertz CT molecular complexity index is 1190. The van der Waals surface area contributed by atoms with Crippen LogP contribution in [0, 0.1) is 5.92 Å². The fourth-order valence-electron chi connectivity index (χ4n) is 3.91. The van der Waals surface area contributed by atoms with Crippen molar-refractivity contribution in [2.24, 2.45) is 13.0 Å². The second-order valence-electron chi connectivity index (χ2n) is 7.99. The summed E-state index contributed by atoms with van der Waals surface area (Å²) in [4.78, 5) is 18.0. The van der Waals surface area contributed by atoms with Crippen LogP contribution in [-0.4, -0.2) is 33.7 Å². The molecular weight excluding hydrogens is 376 g/mol. The Morgan fingerprint density at radius 3 is 2.67 bits per heavy atom. The van der Waals surface area contributed by atoms with Crippen LogP contribution in [0.15, 0.2) is 54.7 Å². The summed E-state index contributed by atoms with van der Waals surface area (Å²) in [5.41, 5.74) is 3.67. The van der Waals surface area contributed by atoms with Gasteiger partial charge in [-0.3, -0.25) is 4.79 Å². The number of carbonyl (C=O) groups is 1. The minimum absolute atomic E-state index is 0.0952. The number of methoxy groups -OCH3 is 1. The van der Waals surface area contributed by atoms with E-state index in [1.54, 1.807) is 7.11 Å². The zero-order valence-electron chi connectivity index (χ0n) is 17.9. The monoisotopic (exact) mass is 404 g/mol. The van der Waals surface area contributed by atoms with Gasteiger partial charge in [0.2, 0.25) is 0 Å². The fraction of sp³-hybridized carbons (Fsp3) is 0.333. The zero-order valence-corrected chi connectivity index (χ0v) is 17.9. The van der Waals surface area contributed by atoms with Gasteiger partial charge in [0.15, 0.2) is 0 Å². The van der Waals surface area contributed by atoms with E-state index in [0.717, 1.165) is 34.3 Å². The van der Waals surface area contributed by atoms with Crippen LogP contribution in [0.25, 0.3) is 21.9 Å². The molecule has 0 aliphatic heterocycles. The number of carbonyl (C=O) groups excluding carboxylic acids is 1. The molecular formula is C24H28N4O2. The summed E-state index contributed by atoms with van der Waals surface area (Å²) in [5.74, 6) is 0.963. The molecule has 0 saturated heterocycles. The third kappa shape index (κ3) is 3.71. The molecule has 0 saturated carbocycles. The predicted octanol–water partition coefficient (Wildman–Crippen LogP) is 4.30. The van der Waals surface area contributed by atoms with Gasteiger partial charge in [-0.25, -0.2) is 4.98 Å². The van der Waals surface area contributed by atoms with Gasteiger partial charge in [-0.15, -0.1) is 0 Å². The standard InChI is InChI=1S/C24H28N4O2/c1-16(2)22(23-25-19-7-5-6-8-20(19)27(23)3)26-24(29)18-10-9-17-11-12-28(13-14-30-4)21(17)15-18/h5-12,15-16,22H,13-14H2,1-4H3,(H,26,29)/t22-/m1/s1. The normalized spacial score (nSPS) is 12.7. The molecule has 2 aromatic heterocycles. The number of hydrogen-bond donors (Lipinski definition) is 1. The number of aromatic nitrogens is 3. The van der Waals surface area contributed by atoms with E-state index < -0.39 is 0 Å². The number of benzene rings is 2. The Labute approximate surface area is 176 Å². The van der Waals surface area contributed by atoms with E-state index in [-0.39, 0.29) is 17.9 Å². The molecule has 1 amide bonds. The van der Waals surface area contributed by atoms with Crippen LogP contribution in [0.1, 0.15) is 36.1 Å². The molecule has 6 heteroatoms. The van der Waals surface area contributed by atoms with Gasteiger partial charge in [0.1, 0.15) is 5.82 Å². The van der Waals surface area contributed by atoms with Crippen LogP contribution in [0.5, 0.6) is 0 Å². The number of ether oxygens (including phenoxy) is 1. The largest absolute Gasteiger partial charge is 0.383 e. The minimum atomic E-state index is -0.189. The van der Waals surface area contributed by atoms with Crippen LogP contribution < -0.4 is 5.32 Å². The Hall–Kier alpha value is -3.12. The van der Waals surface area contributed by atoms with Gasteiger partial charge >= 0.3 is 0 Å². The van der Waals surface area contributed by atoms with Crippen LogP contribution in [0.2, 0.25) is 0 Å². The number of fused-ring (bicyclic) bond motifs is 2. The molecule has 1 atom stereocenters. The number of aryl methyl sites for hydroxylation is 1. The lowest BCUT2D eigenvalue weighted by molar-refractivity contribution is 0.0922. The van der Waals surface area contributed by atoms with Crippen molar-refractivity contribution in [1.29, 1.82) is 0 Å². The average Bonchev–Trinajstić information content (AvgIpc) is 3.30. The van der Waals surface area contributed by atoms with Crippen molar-refractivity contribution in [3.8, 4) is 0 Å². The number of imidazole rings is 1. The molecule has 2 aromatic carbocycles. The Balaban J connectivity index is 1.64. The number of para-hydroxylation sites is 2. The van der Waals surface area contributed by atoms with Gasteiger partial charge in [0.05, 0.1) is 23.7 Å². The van der Waals surface area contributed by atoms with Gasteiger partial charge in [-0.1, -0.05) is 32.0 Å². The van der Waals surface area contributed by atoms with Crippen molar-refractivity contribution in [3.05, 3.63) is 66.1 Å². The lowest BCUT2D eigenvalue weighted by Gasteiger charge is -2.22. The van der Waals surface area contributed by atoms with Crippen LogP contribution in [-0.2, 0) is 18.3 Å². The van der Waals surface area contributed by atoms with Gasteiger partial charge in [-0.05, 0) is 41.6 Å². The van der Waals surface area contributed by atoms with Crippen molar-refractivity contribution >= 4 is 27.8 Å². The average molecular weight is 405 g/mol. The van der Waals surface area contributed by atoms with Gasteiger partial charge < -0.3 is 19.2 Å². The summed E-state index contributed by atoms with van der Waals surface area (Å²) in [6.45, 7) is 5.58. The van der Waals surface area contributed by atoms with E-state index in [4.69, 9.17) is 9.72 Å². The van der Waals surface area contributed by atoms with Crippen molar-refractivity contribution in [2.45, 2.75) is 26.4 Å². The zero-order chi connectivity index (χ0) is 21.3. The summed E-state index contributed by atoms with van der Waals surface area (Å²) in [7, 11) is 3.69. The summed E-state index contributed by atoms with van der Waals surface area (Å²) in [6.07, 6.45) is 2.03. The van der Waals surface area contributed by atoms with Gasteiger partial charge in [0.25, 0.3) is 5.91 Å². The molecule has 0 unspecified atom stereocenters. The van der Waals surface area contributed by atoms with E-state index >= 15 is 0 Å². The number of amides is 1. The highest BCUT2D eigenvalue weighted by Crippen LogP contribution is 2.26. The molecule has 4 rings (SSSR count). The summed E-state index contributed by atoms with van der Waals surface area (Å²) in [6, 6.07) is 15.7. The molecule has 0 bridgehead atoms. The van der Waals surface area contributed by atoms with Crippen LogP contribution in [0.4, 0.5) is 0 Å². The number of nitrogens with zero attached hydrogens (tertiary/aromatic N) is 3. The summed E-state index contributed by atoms with van der Waals surface area (Å²) < 4.78 is 9.38. The lowest BCUT2D eigenvalue weighted by atomic mass is 10.0. The maximum absolute atomic E-state index is 13.2. The van der Waals surface area contributed by atoms with Gasteiger partial charge in [0, 0.05) is 38.0 Å². The first-order valence-electron chi connectivity index (χ1n) is 10.3. The highest BCUT2D eigenvalue weighted by atomic mass is 16.5. The fourth-order valence-corrected chi connectivity index (χ4v) is 3.91. The van der Waals surface area contributed by atoms with E-state index in [2.05, 4.69) is 34.4 Å². The molecule has 0 fully saturated rings. The SMILES string of the molecule is COCCn1ccc2ccc(C(=O)N[C@@H](c3nc4ccccc4n3C)C(C)C)cc21. The summed E-state index contributed by atoms with van der Waals surface area (Å²) in [5, 5.41) is 4.32. The maximum atomic E-state index is 13.2. The first-order valence-corrected chi connectivity index (χ1v) is 10.3. The molecule has 156 valence electrons. The predicted molar refractivity (Wildman–Crippen MR) is 120 cm³/mol. The third-order valence-electron chi connectivity index (χ3n) is 5.63. The Kier molecular flexibility index (Phi) is 5.59. The Morgan fingerprint density at radius 1 is 1.13 bits per heavy atom. The van der Waals surface area contributed by atoms with Crippen molar-refractivity contribution in [3.63, 3.8) is 0 Å². The highest BCUT2D eigenvalue weighted by molar-refractivity contribution is 5.98. The number of rotatable bonds is 7. The van der Waals surface area contributed by atoms with E-state index in [0.29, 0.717) is 12.2 Å². The Morgan fingerprint density at radius 2 is 1.93 bits per heavy atom.